The summed E-state index contributed by atoms with van der Waals surface area (Å²) in [4.78, 5) is 2.24. The van der Waals surface area contributed by atoms with Crippen molar-refractivity contribution in [2.45, 2.75) is 10.8 Å². The summed E-state index contributed by atoms with van der Waals surface area (Å²) in [6.45, 7) is 1.41. The average molecular weight is 396 g/mol. The van der Waals surface area contributed by atoms with Crippen LogP contribution < -0.4 is 10.6 Å². The lowest BCUT2D eigenvalue weighted by atomic mass is 9.89. The van der Waals surface area contributed by atoms with Gasteiger partial charge in [0.1, 0.15) is 0 Å². The van der Waals surface area contributed by atoms with Crippen molar-refractivity contribution in [2.75, 3.05) is 38.6 Å². The zero-order valence-electron chi connectivity index (χ0n) is 15.1. The Labute approximate surface area is 162 Å². The van der Waals surface area contributed by atoms with Gasteiger partial charge in [-0.1, -0.05) is 36.4 Å². The molecule has 142 valence electrons. The second-order valence-corrected chi connectivity index (χ2v) is 8.66. The largest absolute Gasteiger partial charge is 0.378 e. The van der Waals surface area contributed by atoms with Gasteiger partial charge >= 0.3 is 0 Å². The second kappa shape index (κ2) is 8.39. The predicted octanol–water partition coefficient (Wildman–Crippen LogP) is 2.54. The van der Waals surface area contributed by atoms with Crippen molar-refractivity contribution < 1.29 is 8.42 Å². The fourth-order valence-corrected chi connectivity index (χ4v) is 4.98. The molecule has 0 amide bonds. The molecule has 1 aliphatic rings. The Morgan fingerprint density at radius 2 is 1.77 bits per heavy atom. The van der Waals surface area contributed by atoms with E-state index in [0.29, 0.717) is 24.5 Å². The lowest BCUT2D eigenvalue weighted by molar-refractivity contribution is 0.459. The molecular formula is C19H26ClN3O2S. The predicted molar refractivity (Wildman–Crippen MR) is 109 cm³/mol. The van der Waals surface area contributed by atoms with Crippen LogP contribution in [0.15, 0.2) is 59.5 Å². The van der Waals surface area contributed by atoms with E-state index in [9.17, 15) is 8.42 Å². The van der Waals surface area contributed by atoms with E-state index in [2.05, 4.69) is 12.1 Å². The first-order valence-corrected chi connectivity index (χ1v) is 9.90. The van der Waals surface area contributed by atoms with Gasteiger partial charge < -0.3 is 10.6 Å². The molecule has 3 rings (SSSR count). The van der Waals surface area contributed by atoms with Gasteiger partial charge in [-0.05, 0) is 36.2 Å². The molecule has 2 atom stereocenters. The molecule has 7 heteroatoms. The van der Waals surface area contributed by atoms with Crippen LogP contribution in [0.2, 0.25) is 0 Å². The van der Waals surface area contributed by atoms with Crippen LogP contribution in [0.5, 0.6) is 0 Å². The van der Waals surface area contributed by atoms with E-state index in [4.69, 9.17) is 5.73 Å². The number of sulfonamides is 1. The maximum absolute atomic E-state index is 13.1. The van der Waals surface area contributed by atoms with Crippen molar-refractivity contribution in [3.8, 4) is 0 Å². The number of hydrogen-bond donors (Lipinski definition) is 1. The first-order chi connectivity index (χ1) is 11.9. The van der Waals surface area contributed by atoms with Gasteiger partial charge in [0.2, 0.25) is 10.0 Å². The Hall–Kier alpha value is -1.60. The minimum absolute atomic E-state index is 0. The van der Waals surface area contributed by atoms with E-state index in [1.807, 2.05) is 43.3 Å². The number of benzene rings is 2. The fourth-order valence-electron chi connectivity index (χ4n) is 3.42. The van der Waals surface area contributed by atoms with E-state index >= 15 is 0 Å². The second-order valence-electron chi connectivity index (χ2n) is 6.73. The summed E-state index contributed by atoms with van der Waals surface area (Å²) >= 11 is 0. The highest BCUT2D eigenvalue weighted by Gasteiger charge is 2.39. The number of rotatable bonds is 5. The van der Waals surface area contributed by atoms with Gasteiger partial charge in [0.25, 0.3) is 0 Å². The lowest BCUT2D eigenvalue weighted by Gasteiger charge is -2.19. The molecule has 0 unspecified atom stereocenters. The van der Waals surface area contributed by atoms with Crippen molar-refractivity contribution in [2.24, 2.45) is 11.7 Å². The van der Waals surface area contributed by atoms with Gasteiger partial charge in [-0.2, -0.15) is 4.31 Å². The van der Waals surface area contributed by atoms with Gasteiger partial charge in [0.15, 0.2) is 0 Å². The van der Waals surface area contributed by atoms with Crippen LogP contribution in [-0.4, -0.2) is 46.5 Å². The van der Waals surface area contributed by atoms with Crippen LogP contribution in [0.3, 0.4) is 0 Å². The molecule has 1 aliphatic heterocycles. The van der Waals surface area contributed by atoms with Gasteiger partial charge in [0, 0.05) is 38.8 Å². The molecule has 2 aromatic carbocycles. The minimum Gasteiger partial charge on any atom is -0.378 e. The SMILES string of the molecule is CN(C)c1cccc(S(=O)(=O)N2C[C@@H](CN)[C@H](c3ccccc3)C2)c1.Cl. The molecule has 5 nitrogen and oxygen atoms in total. The van der Waals surface area contributed by atoms with Gasteiger partial charge in [0.05, 0.1) is 4.90 Å². The van der Waals surface area contributed by atoms with Crippen LogP contribution in [0.25, 0.3) is 0 Å². The molecule has 1 fully saturated rings. The van der Waals surface area contributed by atoms with Crippen molar-refractivity contribution in [1.29, 1.82) is 0 Å². The van der Waals surface area contributed by atoms with Gasteiger partial charge in [-0.25, -0.2) is 8.42 Å². The molecule has 2 N–H and O–H groups in total. The van der Waals surface area contributed by atoms with Crippen molar-refractivity contribution in [3.63, 3.8) is 0 Å². The summed E-state index contributed by atoms with van der Waals surface area (Å²) in [5.74, 6) is 0.271. The molecule has 26 heavy (non-hydrogen) atoms. The van der Waals surface area contributed by atoms with Gasteiger partial charge in [-0.15, -0.1) is 12.4 Å². The number of nitrogens with two attached hydrogens (primary N) is 1. The number of nitrogens with zero attached hydrogens (tertiary/aromatic N) is 2. The summed E-state index contributed by atoms with van der Waals surface area (Å²) in [5, 5.41) is 0. The third-order valence-corrected chi connectivity index (χ3v) is 6.74. The van der Waals surface area contributed by atoms with E-state index in [-0.39, 0.29) is 24.2 Å². The molecular weight excluding hydrogens is 370 g/mol. The highest BCUT2D eigenvalue weighted by Crippen LogP contribution is 2.35. The molecule has 1 heterocycles. The average Bonchev–Trinajstić information content (AvgIpc) is 3.08. The van der Waals surface area contributed by atoms with Crippen LogP contribution in [0, 0.1) is 5.92 Å². The van der Waals surface area contributed by atoms with Crippen LogP contribution >= 0.6 is 12.4 Å². The monoisotopic (exact) mass is 395 g/mol. The number of hydrogen-bond acceptors (Lipinski definition) is 4. The molecule has 2 aromatic rings. The summed E-state index contributed by atoms with van der Waals surface area (Å²) < 4.78 is 27.8. The normalized spacial score (nSPS) is 20.6. The summed E-state index contributed by atoms with van der Waals surface area (Å²) in [7, 11) is 0.273. The topological polar surface area (TPSA) is 66.6 Å². The van der Waals surface area contributed by atoms with Crippen LogP contribution in [0.1, 0.15) is 11.5 Å². The number of anilines is 1. The zero-order chi connectivity index (χ0) is 18.0. The first-order valence-electron chi connectivity index (χ1n) is 8.46. The Balaban J connectivity index is 0.00000243. The summed E-state index contributed by atoms with van der Waals surface area (Å²) in [5.41, 5.74) is 7.96. The maximum atomic E-state index is 13.1. The van der Waals surface area contributed by atoms with Gasteiger partial charge in [-0.3, -0.25) is 0 Å². The zero-order valence-corrected chi connectivity index (χ0v) is 16.7. The maximum Gasteiger partial charge on any atom is 0.243 e. The Bertz CT molecular complexity index is 828. The molecule has 0 radical (unpaired) electrons. The highest BCUT2D eigenvalue weighted by molar-refractivity contribution is 7.89. The van der Waals surface area contributed by atoms with Crippen molar-refractivity contribution >= 4 is 28.1 Å². The highest BCUT2D eigenvalue weighted by atomic mass is 35.5. The van der Waals surface area contributed by atoms with Crippen molar-refractivity contribution in [3.05, 3.63) is 60.2 Å². The Morgan fingerprint density at radius 1 is 1.08 bits per heavy atom. The van der Waals surface area contributed by atoms with Crippen LogP contribution in [0.4, 0.5) is 5.69 Å². The molecule has 0 saturated carbocycles. The Kier molecular flexibility index (Phi) is 6.69. The Morgan fingerprint density at radius 3 is 2.38 bits per heavy atom. The summed E-state index contributed by atoms with van der Waals surface area (Å²) in [6, 6.07) is 17.1. The molecule has 1 saturated heterocycles. The van der Waals surface area contributed by atoms with E-state index < -0.39 is 10.0 Å². The van der Waals surface area contributed by atoms with E-state index in [1.165, 1.54) is 0 Å². The fraction of sp³-hybridized carbons (Fsp3) is 0.368. The quantitative estimate of drug-likeness (QED) is 0.844. The minimum atomic E-state index is -3.53. The molecule has 0 aromatic heterocycles. The molecule has 0 bridgehead atoms. The molecule has 0 aliphatic carbocycles. The smallest absolute Gasteiger partial charge is 0.243 e. The van der Waals surface area contributed by atoms with Crippen LogP contribution in [-0.2, 0) is 10.0 Å². The van der Waals surface area contributed by atoms with Crippen molar-refractivity contribution in [1.82, 2.24) is 4.31 Å². The third-order valence-electron chi connectivity index (χ3n) is 4.91. The first kappa shape index (κ1) is 20.7. The third kappa shape index (κ3) is 4.04. The standard InChI is InChI=1S/C19H25N3O2S.ClH/c1-21(2)17-9-6-10-18(11-17)25(23,24)22-13-16(12-20)19(14-22)15-7-4-3-5-8-15;/h3-11,16,19H,12-14,20H2,1-2H3;1H/t16-,19+;/m1./s1. The van der Waals surface area contributed by atoms with E-state index in [1.54, 1.807) is 22.5 Å². The summed E-state index contributed by atoms with van der Waals surface area (Å²) in [6.07, 6.45) is 0. The van der Waals surface area contributed by atoms with E-state index in [0.717, 1.165) is 11.3 Å². The lowest BCUT2D eigenvalue weighted by Crippen LogP contribution is -2.30. The molecule has 0 spiro atoms. The number of halogens is 1.